The highest BCUT2D eigenvalue weighted by Crippen LogP contribution is 2.67. The summed E-state index contributed by atoms with van der Waals surface area (Å²) in [6.07, 6.45) is 2.30. The lowest BCUT2D eigenvalue weighted by Crippen LogP contribution is -2.32. The second kappa shape index (κ2) is 4.29. The van der Waals surface area contributed by atoms with E-state index in [9.17, 15) is 4.39 Å². The van der Waals surface area contributed by atoms with Gasteiger partial charge in [0.25, 0.3) is 0 Å². The van der Waals surface area contributed by atoms with Crippen molar-refractivity contribution in [1.29, 1.82) is 0 Å². The molecule has 2 atom stereocenters. The van der Waals surface area contributed by atoms with Gasteiger partial charge in [0, 0.05) is 5.41 Å². The molecular weight excluding hydrogens is 299 g/mol. The molecule has 0 saturated heterocycles. The van der Waals surface area contributed by atoms with E-state index in [4.69, 9.17) is 11.6 Å². The molecule has 1 heterocycles. The first-order valence-corrected chi connectivity index (χ1v) is 8.06. The summed E-state index contributed by atoms with van der Waals surface area (Å²) in [5.41, 5.74) is 3.44. The molecule has 2 aliphatic carbocycles. The van der Waals surface area contributed by atoms with Crippen LogP contribution in [-0.2, 0) is 5.41 Å². The van der Waals surface area contributed by atoms with Crippen molar-refractivity contribution < 1.29 is 4.39 Å². The Hall–Kier alpha value is -1.48. The van der Waals surface area contributed by atoms with E-state index in [0.717, 1.165) is 18.5 Å². The Balaban J connectivity index is 1.92. The zero-order valence-electron chi connectivity index (χ0n) is 13.0. The molecule has 1 saturated carbocycles. The highest BCUT2D eigenvalue weighted by atomic mass is 35.5. The van der Waals surface area contributed by atoms with E-state index in [1.807, 2.05) is 6.07 Å². The topological polar surface area (TPSA) is 25.8 Å². The van der Waals surface area contributed by atoms with Crippen LogP contribution in [0.3, 0.4) is 0 Å². The summed E-state index contributed by atoms with van der Waals surface area (Å²) in [6.45, 7) is 6.90. The molecular formula is C18H18ClFN2. The average Bonchev–Trinajstić information content (AvgIpc) is 2.78. The summed E-state index contributed by atoms with van der Waals surface area (Å²) in [6, 6.07) is 6.71. The van der Waals surface area contributed by atoms with Crippen molar-refractivity contribution in [2.24, 2.45) is 5.41 Å². The minimum atomic E-state index is -0.352. The Morgan fingerprint density at radius 2 is 2.00 bits per heavy atom. The molecule has 0 unspecified atom stereocenters. The van der Waals surface area contributed by atoms with E-state index < -0.39 is 0 Å². The van der Waals surface area contributed by atoms with Crippen LogP contribution in [0.15, 0.2) is 24.3 Å². The first-order chi connectivity index (χ1) is 10.4. The molecule has 0 radical (unpaired) electrons. The molecule has 22 heavy (non-hydrogen) atoms. The summed E-state index contributed by atoms with van der Waals surface area (Å²) in [7, 11) is 0. The number of halogens is 2. The van der Waals surface area contributed by atoms with Crippen LogP contribution in [0, 0.1) is 11.2 Å². The van der Waals surface area contributed by atoms with Gasteiger partial charge in [-0.1, -0.05) is 38.4 Å². The predicted molar refractivity (Wildman–Crippen MR) is 85.5 cm³/mol. The molecule has 2 bridgehead atoms. The summed E-state index contributed by atoms with van der Waals surface area (Å²) in [5, 5.41) is 9.17. The third-order valence-electron chi connectivity index (χ3n) is 6.17. The Kier molecular flexibility index (Phi) is 2.75. The van der Waals surface area contributed by atoms with Crippen molar-refractivity contribution in [3.8, 4) is 11.3 Å². The summed E-state index contributed by atoms with van der Waals surface area (Å²) < 4.78 is 14.2. The van der Waals surface area contributed by atoms with Crippen LogP contribution in [0.2, 0.25) is 5.02 Å². The fraction of sp³-hybridized carbons (Fsp3) is 0.444. The summed E-state index contributed by atoms with van der Waals surface area (Å²) >= 11 is 6.17. The van der Waals surface area contributed by atoms with Crippen molar-refractivity contribution in [2.75, 3.05) is 0 Å². The fourth-order valence-electron chi connectivity index (χ4n) is 4.43. The lowest BCUT2D eigenvalue weighted by atomic mass is 9.70. The molecule has 2 aliphatic rings. The molecule has 2 aromatic rings. The van der Waals surface area contributed by atoms with Crippen molar-refractivity contribution in [1.82, 2.24) is 10.2 Å². The molecule has 4 heteroatoms. The van der Waals surface area contributed by atoms with Crippen LogP contribution in [0.4, 0.5) is 4.39 Å². The third kappa shape index (κ3) is 1.55. The monoisotopic (exact) mass is 316 g/mol. The van der Waals surface area contributed by atoms with Gasteiger partial charge in [0.2, 0.25) is 0 Å². The van der Waals surface area contributed by atoms with Gasteiger partial charge in [-0.3, -0.25) is 0 Å². The van der Waals surface area contributed by atoms with Crippen molar-refractivity contribution in [2.45, 2.75) is 44.9 Å². The zero-order chi connectivity index (χ0) is 15.7. The number of benzene rings is 1. The van der Waals surface area contributed by atoms with E-state index in [1.54, 1.807) is 12.1 Å². The maximum absolute atomic E-state index is 14.2. The van der Waals surface area contributed by atoms with Gasteiger partial charge >= 0.3 is 0 Å². The second-order valence-corrected chi connectivity index (χ2v) is 7.68. The number of nitrogens with zero attached hydrogens (tertiary/aromatic N) is 2. The first kappa shape index (κ1) is 14.1. The van der Waals surface area contributed by atoms with Crippen molar-refractivity contribution >= 4 is 11.6 Å². The Labute approximate surface area is 134 Å². The number of fused-ring (bicyclic) bond motifs is 5. The summed E-state index contributed by atoms with van der Waals surface area (Å²) in [5.74, 6) is 0.114. The van der Waals surface area contributed by atoms with E-state index in [-0.39, 0.29) is 16.6 Å². The molecule has 114 valence electrons. The molecule has 4 rings (SSSR count). The van der Waals surface area contributed by atoms with E-state index in [2.05, 4.69) is 31.0 Å². The Bertz CT molecular complexity index is 766. The SMILES string of the molecule is CC1(C)[C@@H]2CC[C@@]1(C)c1nnc(-c3c(F)cccc3Cl)cc12. The minimum Gasteiger partial charge on any atom is -0.206 e. The normalized spacial score (nSPS) is 28.0. The first-order valence-electron chi connectivity index (χ1n) is 7.69. The van der Waals surface area contributed by atoms with Gasteiger partial charge in [-0.25, -0.2) is 4.39 Å². The third-order valence-corrected chi connectivity index (χ3v) is 6.48. The van der Waals surface area contributed by atoms with Crippen LogP contribution >= 0.6 is 11.6 Å². The Morgan fingerprint density at radius 1 is 1.23 bits per heavy atom. The van der Waals surface area contributed by atoms with Crippen molar-refractivity contribution in [3.63, 3.8) is 0 Å². The molecule has 1 aromatic heterocycles. The molecule has 0 N–H and O–H groups in total. The van der Waals surface area contributed by atoms with Crippen molar-refractivity contribution in [3.05, 3.63) is 46.4 Å². The number of hydrogen-bond donors (Lipinski definition) is 0. The fourth-order valence-corrected chi connectivity index (χ4v) is 4.69. The molecule has 2 nitrogen and oxygen atoms in total. The largest absolute Gasteiger partial charge is 0.206 e. The van der Waals surface area contributed by atoms with Gasteiger partial charge in [0.1, 0.15) is 5.82 Å². The van der Waals surface area contributed by atoms with Gasteiger partial charge < -0.3 is 0 Å². The van der Waals surface area contributed by atoms with Crippen LogP contribution < -0.4 is 0 Å². The van der Waals surface area contributed by atoms with Crippen LogP contribution in [0.25, 0.3) is 11.3 Å². The number of rotatable bonds is 1. The molecule has 0 spiro atoms. The van der Waals surface area contributed by atoms with Gasteiger partial charge in [0.15, 0.2) is 0 Å². The highest BCUT2D eigenvalue weighted by Gasteiger charge is 2.60. The quantitative estimate of drug-likeness (QED) is 0.730. The molecule has 0 aliphatic heterocycles. The van der Waals surface area contributed by atoms with Crippen LogP contribution in [-0.4, -0.2) is 10.2 Å². The van der Waals surface area contributed by atoms with Gasteiger partial charge in [-0.2, -0.15) is 10.2 Å². The van der Waals surface area contributed by atoms with E-state index >= 15 is 0 Å². The standard InChI is InChI=1S/C18H18ClFN2/c1-17(2)11-7-8-18(17,3)16-10(11)9-14(21-22-16)15-12(19)5-4-6-13(15)20/h4-6,9,11H,7-8H2,1-3H3/t11-,18+/m1/s1. The summed E-state index contributed by atoms with van der Waals surface area (Å²) in [4.78, 5) is 0. The van der Waals surface area contributed by atoms with Crippen LogP contribution in [0.5, 0.6) is 0 Å². The van der Waals surface area contributed by atoms with Gasteiger partial charge in [0.05, 0.1) is 22.0 Å². The molecule has 1 aromatic carbocycles. The van der Waals surface area contributed by atoms with E-state index in [1.165, 1.54) is 11.6 Å². The van der Waals surface area contributed by atoms with Gasteiger partial charge in [-0.05, 0) is 47.9 Å². The number of aromatic nitrogens is 2. The molecule has 1 fully saturated rings. The average molecular weight is 317 g/mol. The minimum absolute atomic E-state index is 0.0670. The maximum atomic E-state index is 14.2. The smallest absolute Gasteiger partial charge is 0.134 e. The van der Waals surface area contributed by atoms with Crippen LogP contribution in [0.1, 0.15) is 50.8 Å². The highest BCUT2D eigenvalue weighted by molar-refractivity contribution is 6.33. The predicted octanol–water partition coefficient (Wildman–Crippen LogP) is 5.11. The maximum Gasteiger partial charge on any atom is 0.134 e. The molecule has 0 amide bonds. The zero-order valence-corrected chi connectivity index (χ0v) is 13.7. The van der Waals surface area contributed by atoms with Gasteiger partial charge in [-0.15, -0.1) is 0 Å². The van der Waals surface area contributed by atoms with E-state index in [0.29, 0.717) is 22.2 Å². The number of hydrogen-bond acceptors (Lipinski definition) is 2. The second-order valence-electron chi connectivity index (χ2n) is 7.28. The lowest BCUT2D eigenvalue weighted by molar-refractivity contribution is 0.226. The lowest BCUT2D eigenvalue weighted by Gasteiger charge is -2.33. The Morgan fingerprint density at radius 3 is 2.73 bits per heavy atom.